The van der Waals surface area contributed by atoms with Crippen molar-refractivity contribution in [1.82, 2.24) is 14.1 Å². The molecule has 0 aliphatic carbocycles. The normalized spacial score (nSPS) is 11.5. The highest BCUT2D eigenvalue weighted by Gasteiger charge is 2.13. The molecule has 8 nitrogen and oxygen atoms in total. The summed E-state index contributed by atoms with van der Waals surface area (Å²) >= 11 is 1.33. The van der Waals surface area contributed by atoms with E-state index in [2.05, 4.69) is 9.98 Å². The first-order valence-electron chi connectivity index (χ1n) is 7.48. The van der Waals surface area contributed by atoms with Crippen LogP contribution < -0.4 is 16.0 Å². The number of hydrogen-bond donors (Lipinski definition) is 1. The van der Waals surface area contributed by atoms with Crippen LogP contribution in [0.15, 0.2) is 32.8 Å². The summed E-state index contributed by atoms with van der Waals surface area (Å²) in [5.41, 5.74) is -0.538. The molecule has 1 aromatic carbocycles. The van der Waals surface area contributed by atoms with E-state index in [9.17, 15) is 14.7 Å². The fourth-order valence-corrected chi connectivity index (χ4v) is 3.14. The first kappa shape index (κ1) is 16.9. The number of ether oxygens (including phenoxy) is 1. The summed E-state index contributed by atoms with van der Waals surface area (Å²) in [5.74, 6) is 0.315. The molecule has 0 saturated carbocycles. The number of fused-ring (bicyclic) bond motifs is 1. The maximum Gasteiger partial charge on any atom is 0.333 e. The quantitative estimate of drug-likeness (QED) is 0.712. The van der Waals surface area contributed by atoms with E-state index in [1.54, 1.807) is 0 Å². The van der Waals surface area contributed by atoms with Crippen molar-refractivity contribution in [3.05, 3.63) is 44.6 Å². The Bertz CT molecular complexity index is 1090. The molecule has 0 bridgehead atoms. The third-order valence-corrected chi connectivity index (χ3v) is 4.56. The minimum absolute atomic E-state index is 0.0705. The fourth-order valence-electron chi connectivity index (χ4n) is 2.30. The van der Waals surface area contributed by atoms with Gasteiger partial charge in [0.2, 0.25) is 11.0 Å². The second-order valence-electron chi connectivity index (χ2n) is 5.26. The van der Waals surface area contributed by atoms with Crippen LogP contribution in [0, 0.1) is 0 Å². The van der Waals surface area contributed by atoms with Crippen LogP contribution in [-0.2, 0) is 14.1 Å². The van der Waals surface area contributed by atoms with Gasteiger partial charge in [-0.2, -0.15) is 0 Å². The minimum Gasteiger partial charge on any atom is -0.494 e. The number of hydrogen-bond acceptors (Lipinski definition) is 7. The van der Waals surface area contributed by atoms with Crippen LogP contribution in [0.25, 0.3) is 10.2 Å². The lowest BCUT2D eigenvalue weighted by atomic mass is 10.3. The van der Waals surface area contributed by atoms with Gasteiger partial charge in [-0.15, -0.1) is 0 Å². The first-order chi connectivity index (χ1) is 11.9. The second-order valence-corrected chi connectivity index (χ2v) is 6.27. The van der Waals surface area contributed by atoms with Gasteiger partial charge < -0.3 is 9.84 Å². The molecule has 0 saturated heterocycles. The lowest BCUT2D eigenvalue weighted by Crippen LogP contribution is -2.38. The second kappa shape index (κ2) is 6.52. The molecule has 130 valence electrons. The number of rotatable bonds is 4. The van der Waals surface area contributed by atoms with E-state index in [0.717, 1.165) is 25.1 Å². The van der Waals surface area contributed by atoms with Gasteiger partial charge in [0.15, 0.2) is 0 Å². The number of benzene rings is 1. The Labute approximate surface area is 146 Å². The van der Waals surface area contributed by atoms with Crippen LogP contribution in [0.3, 0.4) is 0 Å². The monoisotopic (exact) mass is 360 g/mol. The van der Waals surface area contributed by atoms with Gasteiger partial charge in [0, 0.05) is 20.3 Å². The summed E-state index contributed by atoms with van der Waals surface area (Å²) < 4.78 is 8.24. The van der Waals surface area contributed by atoms with E-state index in [1.165, 1.54) is 31.6 Å². The van der Waals surface area contributed by atoms with Crippen molar-refractivity contribution < 1.29 is 9.84 Å². The molecule has 0 spiro atoms. The number of aromatic nitrogens is 3. The van der Waals surface area contributed by atoms with E-state index in [1.807, 2.05) is 25.1 Å². The molecule has 25 heavy (non-hydrogen) atoms. The van der Waals surface area contributed by atoms with Crippen LogP contribution in [0.1, 0.15) is 12.5 Å². The lowest BCUT2D eigenvalue weighted by molar-refractivity contribution is 0.341. The van der Waals surface area contributed by atoms with E-state index >= 15 is 0 Å². The van der Waals surface area contributed by atoms with Gasteiger partial charge in [-0.3, -0.25) is 13.9 Å². The molecular formula is C16H16N4O4S. The topological polar surface area (TPSA) is 98.7 Å². The Morgan fingerprint density at radius 3 is 2.80 bits per heavy atom. The maximum atomic E-state index is 12.1. The fraction of sp³-hybridized carbons (Fsp3) is 0.250. The number of thiazole rings is 1. The molecule has 0 aliphatic rings. The van der Waals surface area contributed by atoms with Gasteiger partial charge in [-0.25, -0.2) is 14.8 Å². The van der Waals surface area contributed by atoms with Crippen molar-refractivity contribution in [1.29, 1.82) is 0 Å². The Morgan fingerprint density at radius 1 is 1.32 bits per heavy atom. The van der Waals surface area contributed by atoms with Crippen molar-refractivity contribution in [2.45, 2.75) is 6.92 Å². The van der Waals surface area contributed by atoms with Gasteiger partial charge in [-0.1, -0.05) is 11.3 Å². The Balaban J connectivity index is 2.02. The van der Waals surface area contributed by atoms with E-state index in [0.29, 0.717) is 11.7 Å². The molecule has 0 atom stereocenters. The number of nitrogens with zero attached hydrogens (tertiary/aromatic N) is 4. The van der Waals surface area contributed by atoms with Crippen LogP contribution in [0.5, 0.6) is 11.6 Å². The molecule has 0 radical (unpaired) electrons. The van der Waals surface area contributed by atoms with E-state index < -0.39 is 17.1 Å². The third-order valence-electron chi connectivity index (χ3n) is 3.63. The molecule has 0 fully saturated rings. The van der Waals surface area contributed by atoms with E-state index in [4.69, 9.17) is 4.74 Å². The standard InChI is InChI=1S/C16H16N4O4S/c1-4-24-9-5-6-11-12(7-9)25-15(18-11)17-8-10-13(21)19(2)16(23)20(3)14(10)22/h5-8,21H,4H2,1-3H3. The van der Waals surface area contributed by atoms with Crippen molar-refractivity contribution in [2.24, 2.45) is 19.1 Å². The predicted octanol–water partition coefficient (Wildman–Crippen LogP) is 1.55. The van der Waals surface area contributed by atoms with Gasteiger partial charge in [0.1, 0.15) is 11.3 Å². The van der Waals surface area contributed by atoms with Gasteiger partial charge in [0.25, 0.3) is 5.56 Å². The highest BCUT2D eigenvalue weighted by atomic mass is 32.1. The van der Waals surface area contributed by atoms with Crippen LogP contribution in [-0.4, -0.2) is 32.0 Å². The zero-order valence-electron chi connectivity index (χ0n) is 13.9. The zero-order chi connectivity index (χ0) is 18.1. The van der Waals surface area contributed by atoms with Crippen molar-refractivity contribution in [2.75, 3.05) is 6.61 Å². The summed E-state index contributed by atoms with van der Waals surface area (Å²) in [6.45, 7) is 2.48. The smallest absolute Gasteiger partial charge is 0.333 e. The lowest BCUT2D eigenvalue weighted by Gasteiger charge is -2.06. The molecule has 1 N–H and O–H groups in total. The minimum atomic E-state index is -0.621. The average molecular weight is 360 g/mol. The van der Waals surface area contributed by atoms with Crippen molar-refractivity contribution >= 4 is 32.9 Å². The summed E-state index contributed by atoms with van der Waals surface area (Å²) in [5, 5.41) is 10.5. The third kappa shape index (κ3) is 3.05. The summed E-state index contributed by atoms with van der Waals surface area (Å²) in [6.07, 6.45) is 1.22. The molecule has 0 aliphatic heterocycles. The van der Waals surface area contributed by atoms with Crippen molar-refractivity contribution in [3.63, 3.8) is 0 Å². The Morgan fingerprint density at radius 2 is 2.08 bits per heavy atom. The molecular weight excluding hydrogens is 344 g/mol. The number of aromatic hydroxyl groups is 1. The summed E-state index contributed by atoms with van der Waals surface area (Å²) in [7, 11) is 2.72. The van der Waals surface area contributed by atoms with E-state index in [-0.39, 0.29) is 5.56 Å². The molecule has 0 unspecified atom stereocenters. The van der Waals surface area contributed by atoms with Crippen molar-refractivity contribution in [3.8, 4) is 11.6 Å². The molecule has 3 aromatic rings. The number of aliphatic imine (C=N–C) groups is 1. The predicted molar refractivity (Wildman–Crippen MR) is 96.6 cm³/mol. The molecule has 0 amide bonds. The SMILES string of the molecule is CCOc1ccc2nc(N=Cc3c(O)n(C)c(=O)n(C)c3=O)sc2c1. The van der Waals surface area contributed by atoms with Crippen LogP contribution >= 0.6 is 11.3 Å². The molecule has 9 heteroatoms. The van der Waals surface area contributed by atoms with Crippen LogP contribution in [0.2, 0.25) is 0 Å². The van der Waals surface area contributed by atoms with Gasteiger partial charge in [-0.05, 0) is 25.1 Å². The largest absolute Gasteiger partial charge is 0.494 e. The Hall–Kier alpha value is -2.94. The molecule has 2 aromatic heterocycles. The highest BCUT2D eigenvalue weighted by molar-refractivity contribution is 7.22. The van der Waals surface area contributed by atoms with Gasteiger partial charge in [0.05, 0.1) is 16.8 Å². The average Bonchev–Trinajstić information content (AvgIpc) is 3.00. The van der Waals surface area contributed by atoms with Gasteiger partial charge >= 0.3 is 5.69 Å². The highest BCUT2D eigenvalue weighted by Crippen LogP contribution is 2.30. The maximum absolute atomic E-state index is 12.1. The molecule has 2 heterocycles. The first-order valence-corrected chi connectivity index (χ1v) is 8.30. The molecule has 3 rings (SSSR count). The zero-order valence-corrected chi connectivity index (χ0v) is 14.7. The van der Waals surface area contributed by atoms with Crippen LogP contribution in [0.4, 0.5) is 5.13 Å². The Kier molecular flexibility index (Phi) is 4.41. The summed E-state index contributed by atoms with van der Waals surface area (Å²) in [6, 6.07) is 5.53. The summed E-state index contributed by atoms with van der Waals surface area (Å²) in [4.78, 5) is 32.4.